The molecule has 1 aromatic rings. The molecule has 1 aliphatic carbocycles. The maximum absolute atomic E-state index is 12.5. The molecule has 22 heavy (non-hydrogen) atoms. The summed E-state index contributed by atoms with van der Waals surface area (Å²) in [5, 5.41) is 6.72. The van der Waals surface area contributed by atoms with Gasteiger partial charge in [-0.15, -0.1) is 0 Å². The van der Waals surface area contributed by atoms with E-state index in [1.165, 1.54) is 0 Å². The van der Waals surface area contributed by atoms with Crippen LogP contribution in [-0.2, 0) is 16.1 Å². The summed E-state index contributed by atoms with van der Waals surface area (Å²) in [5.41, 5.74) is 0.300. The number of likely N-dealkylation sites (N-methyl/N-ethyl adjacent to an activating group) is 1. The predicted octanol–water partition coefficient (Wildman–Crippen LogP) is 1.57. The summed E-state index contributed by atoms with van der Waals surface area (Å²) >= 11 is 1.57. The zero-order valence-corrected chi connectivity index (χ0v) is 13.3. The number of nitrogens with one attached hydrogen (secondary N) is 1. The first-order valence-electron chi connectivity index (χ1n) is 7.41. The molecule has 118 valence electrons. The number of urea groups is 1. The summed E-state index contributed by atoms with van der Waals surface area (Å²) in [6, 6.07) is 1.51. The number of thiophene rings is 1. The number of hydrogen-bond donors (Lipinski definition) is 1. The fraction of sp³-hybridized carbons (Fsp3) is 0.533. The molecule has 2 heterocycles. The summed E-state index contributed by atoms with van der Waals surface area (Å²) in [7, 11) is 1.68. The highest BCUT2D eigenvalue weighted by atomic mass is 32.1. The van der Waals surface area contributed by atoms with Crippen molar-refractivity contribution in [1.29, 1.82) is 0 Å². The SMILES string of the molecule is CN(Cc1ccsc1)C(=O)CN1C(=O)NC2(CCCC2)C1=O. The van der Waals surface area contributed by atoms with Gasteiger partial charge in [0, 0.05) is 13.6 Å². The van der Waals surface area contributed by atoms with Crippen molar-refractivity contribution in [1.82, 2.24) is 15.1 Å². The average molecular weight is 321 g/mol. The van der Waals surface area contributed by atoms with Gasteiger partial charge in [-0.25, -0.2) is 4.79 Å². The maximum atomic E-state index is 12.5. The van der Waals surface area contributed by atoms with Gasteiger partial charge in [0.2, 0.25) is 5.91 Å². The number of amides is 4. The van der Waals surface area contributed by atoms with Gasteiger partial charge >= 0.3 is 6.03 Å². The van der Waals surface area contributed by atoms with Gasteiger partial charge in [0.1, 0.15) is 12.1 Å². The van der Waals surface area contributed by atoms with Crippen LogP contribution in [0.4, 0.5) is 4.79 Å². The molecule has 1 aromatic heterocycles. The fourth-order valence-corrected chi connectivity index (χ4v) is 3.80. The van der Waals surface area contributed by atoms with Crippen LogP contribution in [0, 0.1) is 0 Å². The van der Waals surface area contributed by atoms with Crippen LogP contribution in [0.25, 0.3) is 0 Å². The highest BCUT2D eigenvalue weighted by molar-refractivity contribution is 7.07. The van der Waals surface area contributed by atoms with Crippen LogP contribution in [0.15, 0.2) is 16.8 Å². The van der Waals surface area contributed by atoms with E-state index in [-0.39, 0.29) is 18.4 Å². The first-order chi connectivity index (χ1) is 10.5. The van der Waals surface area contributed by atoms with Crippen LogP contribution in [-0.4, -0.2) is 46.8 Å². The molecule has 0 radical (unpaired) electrons. The standard InChI is InChI=1S/C15H19N3O3S/c1-17(8-11-4-7-22-10-11)12(19)9-18-13(20)15(16-14(18)21)5-2-3-6-15/h4,7,10H,2-3,5-6,8-9H2,1H3,(H,16,21). The van der Waals surface area contributed by atoms with Gasteiger partial charge < -0.3 is 10.2 Å². The molecule has 3 rings (SSSR count). The summed E-state index contributed by atoms with van der Waals surface area (Å²) < 4.78 is 0. The Balaban J connectivity index is 1.63. The van der Waals surface area contributed by atoms with Gasteiger partial charge in [0.15, 0.2) is 0 Å². The second-order valence-corrected chi connectivity index (χ2v) is 6.77. The molecule has 0 bridgehead atoms. The third-order valence-electron chi connectivity index (χ3n) is 4.42. The molecule has 1 saturated heterocycles. The third kappa shape index (κ3) is 2.61. The fourth-order valence-electron chi connectivity index (χ4n) is 3.14. The van der Waals surface area contributed by atoms with Crippen LogP contribution in [0.1, 0.15) is 31.2 Å². The summed E-state index contributed by atoms with van der Waals surface area (Å²) in [6.07, 6.45) is 3.22. The lowest BCUT2D eigenvalue weighted by Crippen LogP contribution is -2.45. The lowest BCUT2D eigenvalue weighted by atomic mass is 9.98. The Morgan fingerprint density at radius 3 is 2.77 bits per heavy atom. The number of imide groups is 1. The molecule has 1 aliphatic heterocycles. The molecule has 1 N–H and O–H groups in total. The van der Waals surface area contributed by atoms with Crippen LogP contribution in [0.2, 0.25) is 0 Å². The average Bonchev–Trinajstić information content (AvgIpc) is 3.19. The Kier molecular flexibility index (Phi) is 3.90. The first-order valence-corrected chi connectivity index (χ1v) is 8.35. The molecule has 2 aliphatic rings. The topological polar surface area (TPSA) is 69.7 Å². The molecule has 7 heteroatoms. The number of nitrogens with zero attached hydrogens (tertiary/aromatic N) is 2. The minimum Gasteiger partial charge on any atom is -0.340 e. The number of carbonyl (C=O) groups excluding carboxylic acids is 3. The zero-order valence-electron chi connectivity index (χ0n) is 12.5. The minimum absolute atomic E-state index is 0.187. The van der Waals surface area contributed by atoms with E-state index in [0.717, 1.165) is 23.3 Å². The van der Waals surface area contributed by atoms with E-state index in [4.69, 9.17) is 0 Å². The van der Waals surface area contributed by atoms with Gasteiger partial charge in [0.25, 0.3) is 5.91 Å². The Hall–Kier alpha value is -1.89. The molecule has 0 atom stereocenters. The largest absolute Gasteiger partial charge is 0.340 e. The van der Waals surface area contributed by atoms with Gasteiger partial charge in [-0.3, -0.25) is 14.5 Å². The Labute approximate surface area is 133 Å². The van der Waals surface area contributed by atoms with E-state index in [9.17, 15) is 14.4 Å². The van der Waals surface area contributed by atoms with Crippen molar-refractivity contribution in [3.63, 3.8) is 0 Å². The van der Waals surface area contributed by atoms with E-state index in [2.05, 4.69) is 5.32 Å². The van der Waals surface area contributed by atoms with Crippen LogP contribution < -0.4 is 5.32 Å². The third-order valence-corrected chi connectivity index (χ3v) is 5.15. The summed E-state index contributed by atoms with van der Waals surface area (Å²) in [5.74, 6) is -0.475. The Bertz CT molecular complexity index is 593. The van der Waals surface area contributed by atoms with Crippen LogP contribution >= 0.6 is 11.3 Å². The van der Waals surface area contributed by atoms with Crippen molar-refractivity contribution in [3.8, 4) is 0 Å². The van der Waals surface area contributed by atoms with Crippen molar-refractivity contribution in [3.05, 3.63) is 22.4 Å². The molecule has 4 amide bonds. The Morgan fingerprint density at radius 2 is 2.14 bits per heavy atom. The highest BCUT2D eigenvalue weighted by Crippen LogP contribution is 2.34. The first kappa shape index (κ1) is 15.0. The molecule has 1 spiro atoms. The van der Waals surface area contributed by atoms with Crippen molar-refractivity contribution in [2.24, 2.45) is 0 Å². The van der Waals surface area contributed by atoms with Crippen molar-refractivity contribution in [2.75, 3.05) is 13.6 Å². The van der Waals surface area contributed by atoms with E-state index in [1.807, 2.05) is 16.8 Å². The minimum atomic E-state index is -0.747. The van der Waals surface area contributed by atoms with E-state index in [1.54, 1.807) is 23.3 Å². The number of carbonyl (C=O) groups is 3. The zero-order chi connectivity index (χ0) is 15.7. The van der Waals surface area contributed by atoms with Crippen molar-refractivity contribution < 1.29 is 14.4 Å². The second kappa shape index (κ2) is 5.72. The lowest BCUT2D eigenvalue weighted by Gasteiger charge is -2.22. The molecular weight excluding hydrogens is 302 g/mol. The maximum Gasteiger partial charge on any atom is 0.325 e. The normalized spacial score (nSPS) is 19.8. The lowest BCUT2D eigenvalue weighted by molar-refractivity contribution is -0.138. The number of rotatable bonds is 4. The van der Waals surface area contributed by atoms with Gasteiger partial charge in [-0.1, -0.05) is 12.8 Å². The van der Waals surface area contributed by atoms with Gasteiger partial charge in [0.05, 0.1) is 0 Å². The van der Waals surface area contributed by atoms with E-state index >= 15 is 0 Å². The van der Waals surface area contributed by atoms with E-state index < -0.39 is 11.6 Å². The van der Waals surface area contributed by atoms with Gasteiger partial charge in [-0.2, -0.15) is 11.3 Å². The predicted molar refractivity (Wildman–Crippen MR) is 82.2 cm³/mol. The van der Waals surface area contributed by atoms with Crippen LogP contribution in [0.5, 0.6) is 0 Å². The molecule has 1 saturated carbocycles. The smallest absolute Gasteiger partial charge is 0.325 e. The van der Waals surface area contributed by atoms with Crippen molar-refractivity contribution >= 4 is 29.2 Å². The van der Waals surface area contributed by atoms with Crippen molar-refractivity contribution in [2.45, 2.75) is 37.8 Å². The van der Waals surface area contributed by atoms with Gasteiger partial charge in [-0.05, 0) is 35.2 Å². The number of hydrogen-bond acceptors (Lipinski definition) is 4. The molecule has 0 unspecified atom stereocenters. The highest BCUT2D eigenvalue weighted by Gasteiger charge is 2.52. The molecule has 0 aromatic carbocycles. The summed E-state index contributed by atoms with van der Waals surface area (Å²) in [4.78, 5) is 39.4. The van der Waals surface area contributed by atoms with Crippen LogP contribution in [0.3, 0.4) is 0 Å². The summed E-state index contributed by atoms with van der Waals surface area (Å²) in [6.45, 7) is 0.296. The molecule has 2 fully saturated rings. The quantitative estimate of drug-likeness (QED) is 0.856. The molecule has 6 nitrogen and oxygen atoms in total. The van der Waals surface area contributed by atoms with E-state index in [0.29, 0.717) is 19.4 Å². The Morgan fingerprint density at radius 1 is 1.41 bits per heavy atom. The monoisotopic (exact) mass is 321 g/mol. The molecular formula is C15H19N3O3S. The second-order valence-electron chi connectivity index (χ2n) is 5.99.